The van der Waals surface area contributed by atoms with E-state index in [1.807, 2.05) is 28.2 Å². The maximum Gasteiger partial charge on any atom is 0.230 e. The zero-order valence-corrected chi connectivity index (χ0v) is 17.5. The minimum atomic E-state index is -0.299. The zero-order valence-electron chi connectivity index (χ0n) is 17.5. The van der Waals surface area contributed by atoms with Gasteiger partial charge in [-0.2, -0.15) is 0 Å². The van der Waals surface area contributed by atoms with Crippen molar-refractivity contribution in [3.05, 3.63) is 29.8 Å². The first kappa shape index (κ1) is 21.1. The maximum atomic E-state index is 12.7. The molecule has 1 fully saturated rings. The third-order valence-electron chi connectivity index (χ3n) is 5.23. The second kappa shape index (κ2) is 9.62. The number of carbonyl (C=O) groups excluding carboxylic acids is 1. The summed E-state index contributed by atoms with van der Waals surface area (Å²) in [5.74, 6) is 0.995. The quantitative estimate of drug-likeness (QED) is 0.569. The van der Waals surface area contributed by atoms with Crippen molar-refractivity contribution in [2.45, 2.75) is 39.2 Å². The molecule has 0 aromatic heterocycles. The van der Waals surface area contributed by atoms with E-state index < -0.39 is 0 Å². The van der Waals surface area contributed by atoms with E-state index in [-0.39, 0.29) is 11.3 Å². The van der Waals surface area contributed by atoms with Gasteiger partial charge in [0, 0.05) is 47.0 Å². The molecule has 0 aliphatic heterocycles. The van der Waals surface area contributed by atoms with Crippen molar-refractivity contribution in [2.75, 3.05) is 46.2 Å². The number of aliphatic imine (C=N–C) groups is 1. The van der Waals surface area contributed by atoms with Gasteiger partial charge in [0.25, 0.3) is 0 Å². The Bertz CT molecular complexity index is 630. The lowest BCUT2D eigenvalue weighted by Gasteiger charge is -2.31. The van der Waals surface area contributed by atoms with E-state index in [0.717, 1.165) is 43.8 Å². The Hall–Kier alpha value is -2.24. The first-order valence-corrected chi connectivity index (χ1v) is 9.88. The molecule has 0 bridgehead atoms. The number of amides is 1. The molecule has 1 aliphatic rings. The first-order chi connectivity index (χ1) is 12.9. The second-order valence-corrected chi connectivity index (χ2v) is 7.80. The van der Waals surface area contributed by atoms with Gasteiger partial charge in [-0.05, 0) is 37.5 Å². The second-order valence-electron chi connectivity index (χ2n) is 7.80. The highest BCUT2D eigenvalue weighted by atomic mass is 16.2. The average Bonchev–Trinajstić information content (AvgIpc) is 3.13. The van der Waals surface area contributed by atoms with Crippen LogP contribution in [-0.2, 0) is 11.3 Å². The van der Waals surface area contributed by atoms with Crippen LogP contribution in [-0.4, -0.2) is 58.0 Å². The number of guanidine groups is 1. The van der Waals surface area contributed by atoms with E-state index >= 15 is 0 Å². The molecule has 1 aromatic carbocycles. The SMILES string of the molecule is CCNC(=NCc1ccc(N(C)C)cc1)NCC1(C(=O)N(C)C)CCCC1. The van der Waals surface area contributed by atoms with Crippen molar-refractivity contribution >= 4 is 17.6 Å². The molecule has 0 spiro atoms. The van der Waals surface area contributed by atoms with Crippen LogP contribution in [0, 0.1) is 5.41 Å². The normalized spacial score (nSPS) is 16.1. The largest absolute Gasteiger partial charge is 0.378 e. The highest BCUT2D eigenvalue weighted by Gasteiger charge is 2.42. The molecule has 6 heteroatoms. The lowest BCUT2D eigenvalue weighted by molar-refractivity contribution is -0.138. The van der Waals surface area contributed by atoms with Gasteiger partial charge in [-0.15, -0.1) is 0 Å². The van der Waals surface area contributed by atoms with Crippen LogP contribution < -0.4 is 15.5 Å². The summed E-state index contributed by atoms with van der Waals surface area (Å²) in [5, 5.41) is 6.72. The van der Waals surface area contributed by atoms with Gasteiger partial charge in [0.05, 0.1) is 12.0 Å². The number of carbonyl (C=O) groups is 1. The molecule has 1 saturated carbocycles. The molecule has 1 aliphatic carbocycles. The van der Waals surface area contributed by atoms with E-state index in [0.29, 0.717) is 13.1 Å². The molecule has 0 heterocycles. The summed E-state index contributed by atoms with van der Waals surface area (Å²) in [4.78, 5) is 21.2. The van der Waals surface area contributed by atoms with Gasteiger partial charge < -0.3 is 20.4 Å². The zero-order chi connectivity index (χ0) is 19.9. The van der Waals surface area contributed by atoms with Crippen molar-refractivity contribution in [1.29, 1.82) is 0 Å². The Labute approximate surface area is 164 Å². The highest BCUT2D eigenvalue weighted by Crippen LogP contribution is 2.38. The molecule has 0 atom stereocenters. The van der Waals surface area contributed by atoms with E-state index in [1.165, 1.54) is 5.69 Å². The van der Waals surface area contributed by atoms with Gasteiger partial charge in [0.15, 0.2) is 5.96 Å². The Morgan fingerprint density at radius 2 is 1.70 bits per heavy atom. The number of hydrogen-bond donors (Lipinski definition) is 2. The molecule has 0 unspecified atom stereocenters. The van der Waals surface area contributed by atoms with Crippen molar-refractivity contribution in [3.63, 3.8) is 0 Å². The number of nitrogens with one attached hydrogen (secondary N) is 2. The van der Waals surface area contributed by atoms with Gasteiger partial charge in [-0.3, -0.25) is 4.79 Å². The van der Waals surface area contributed by atoms with E-state index in [2.05, 4.69) is 46.7 Å². The van der Waals surface area contributed by atoms with Crippen LogP contribution in [0.25, 0.3) is 0 Å². The third-order valence-corrected chi connectivity index (χ3v) is 5.23. The maximum absolute atomic E-state index is 12.7. The Kier molecular flexibility index (Phi) is 7.51. The molecular formula is C21H35N5O. The Balaban J connectivity index is 2.03. The average molecular weight is 374 g/mol. The Morgan fingerprint density at radius 1 is 1.07 bits per heavy atom. The van der Waals surface area contributed by atoms with Gasteiger partial charge >= 0.3 is 0 Å². The molecule has 27 heavy (non-hydrogen) atoms. The van der Waals surface area contributed by atoms with Gasteiger partial charge in [-0.25, -0.2) is 4.99 Å². The molecule has 2 rings (SSSR count). The monoisotopic (exact) mass is 373 g/mol. The van der Waals surface area contributed by atoms with Gasteiger partial charge in [-0.1, -0.05) is 25.0 Å². The summed E-state index contributed by atoms with van der Waals surface area (Å²) < 4.78 is 0. The highest BCUT2D eigenvalue weighted by molar-refractivity contribution is 5.85. The van der Waals surface area contributed by atoms with Crippen molar-refractivity contribution in [2.24, 2.45) is 10.4 Å². The predicted octanol–water partition coefficient (Wildman–Crippen LogP) is 2.46. The molecule has 2 N–H and O–H groups in total. The lowest BCUT2D eigenvalue weighted by Crippen LogP contribution is -2.49. The number of hydrogen-bond acceptors (Lipinski definition) is 3. The van der Waals surface area contributed by atoms with E-state index in [9.17, 15) is 4.79 Å². The summed E-state index contributed by atoms with van der Waals surface area (Å²) in [5.41, 5.74) is 2.04. The minimum Gasteiger partial charge on any atom is -0.378 e. The molecule has 0 radical (unpaired) electrons. The standard InChI is InChI=1S/C21H35N5O/c1-6-22-20(23-15-17-9-11-18(12-10-17)25(2)3)24-16-21(13-7-8-14-21)19(27)26(4)5/h9-12H,6-8,13-16H2,1-5H3,(H2,22,23,24). The van der Waals surface area contributed by atoms with Gasteiger partial charge in [0.2, 0.25) is 5.91 Å². The molecule has 150 valence electrons. The van der Waals surface area contributed by atoms with Crippen molar-refractivity contribution in [3.8, 4) is 0 Å². The summed E-state index contributed by atoms with van der Waals surface area (Å²) in [6.45, 7) is 4.09. The summed E-state index contributed by atoms with van der Waals surface area (Å²) in [6, 6.07) is 8.43. The third kappa shape index (κ3) is 5.62. The van der Waals surface area contributed by atoms with Crippen LogP contribution in [0.5, 0.6) is 0 Å². The van der Waals surface area contributed by atoms with E-state index in [1.54, 1.807) is 4.90 Å². The molecule has 0 saturated heterocycles. The lowest BCUT2D eigenvalue weighted by atomic mass is 9.84. The van der Waals surface area contributed by atoms with Crippen LogP contribution in [0.2, 0.25) is 0 Å². The number of benzene rings is 1. The summed E-state index contributed by atoms with van der Waals surface area (Å²) in [7, 11) is 7.76. The molecule has 6 nitrogen and oxygen atoms in total. The number of nitrogens with zero attached hydrogens (tertiary/aromatic N) is 3. The molecule has 1 amide bonds. The predicted molar refractivity (Wildman–Crippen MR) is 113 cm³/mol. The summed E-state index contributed by atoms with van der Waals surface area (Å²) >= 11 is 0. The van der Waals surface area contributed by atoms with Crippen LogP contribution in [0.15, 0.2) is 29.3 Å². The Morgan fingerprint density at radius 3 is 2.22 bits per heavy atom. The van der Waals surface area contributed by atoms with Crippen LogP contribution in [0.3, 0.4) is 0 Å². The molecule has 1 aromatic rings. The van der Waals surface area contributed by atoms with Gasteiger partial charge in [0.1, 0.15) is 0 Å². The van der Waals surface area contributed by atoms with Crippen LogP contribution in [0.4, 0.5) is 5.69 Å². The fraction of sp³-hybridized carbons (Fsp3) is 0.619. The number of anilines is 1. The topological polar surface area (TPSA) is 60.0 Å². The number of rotatable bonds is 7. The fourth-order valence-corrected chi connectivity index (χ4v) is 3.66. The van der Waals surface area contributed by atoms with E-state index in [4.69, 9.17) is 4.99 Å². The van der Waals surface area contributed by atoms with Crippen molar-refractivity contribution < 1.29 is 4.79 Å². The summed E-state index contributed by atoms with van der Waals surface area (Å²) in [6.07, 6.45) is 4.13. The molecular weight excluding hydrogens is 338 g/mol. The van der Waals surface area contributed by atoms with Crippen molar-refractivity contribution in [1.82, 2.24) is 15.5 Å². The smallest absolute Gasteiger partial charge is 0.230 e. The minimum absolute atomic E-state index is 0.225. The van der Waals surface area contributed by atoms with Crippen LogP contribution >= 0.6 is 0 Å². The fourth-order valence-electron chi connectivity index (χ4n) is 3.66. The first-order valence-electron chi connectivity index (χ1n) is 9.88. The van der Waals surface area contributed by atoms with Crippen LogP contribution in [0.1, 0.15) is 38.2 Å².